The van der Waals surface area contributed by atoms with Crippen molar-refractivity contribution in [2.75, 3.05) is 13.7 Å². The molecule has 112 valence electrons. The number of benzene rings is 2. The Hall–Kier alpha value is -1.58. The van der Waals surface area contributed by atoms with E-state index in [9.17, 15) is 4.39 Å². The minimum atomic E-state index is -0.337. The summed E-state index contributed by atoms with van der Waals surface area (Å²) in [5, 5.41) is 4.12. The van der Waals surface area contributed by atoms with Crippen LogP contribution >= 0.6 is 11.6 Å². The molecule has 21 heavy (non-hydrogen) atoms. The van der Waals surface area contributed by atoms with Crippen LogP contribution in [0.5, 0.6) is 5.75 Å². The zero-order valence-electron chi connectivity index (χ0n) is 12.2. The second kappa shape index (κ2) is 7.43. The molecule has 2 aromatic carbocycles. The number of ether oxygens (including phenoxy) is 1. The molecule has 2 aromatic rings. The normalized spacial score (nSPS) is 12.2. The Bertz CT molecular complexity index is 603. The molecule has 0 amide bonds. The fraction of sp³-hybridized carbons (Fsp3) is 0.294. The van der Waals surface area contributed by atoms with Crippen molar-refractivity contribution in [2.24, 2.45) is 0 Å². The third-order valence-electron chi connectivity index (χ3n) is 3.36. The van der Waals surface area contributed by atoms with Crippen molar-refractivity contribution in [3.63, 3.8) is 0 Å². The molecule has 0 aromatic heterocycles. The van der Waals surface area contributed by atoms with E-state index in [0.29, 0.717) is 11.4 Å². The molecule has 0 heterocycles. The molecule has 1 atom stereocenters. The quantitative estimate of drug-likeness (QED) is 0.855. The molecule has 0 saturated heterocycles. The van der Waals surface area contributed by atoms with Gasteiger partial charge >= 0.3 is 0 Å². The molecule has 0 aliphatic rings. The van der Waals surface area contributed by atoms with E-state index in [0.717, 1.165) is 17.7 Å². The predicted octanol–water partition coefficient (Wildman–Crippen LogP) is 4.38. The fourth-order valence-corrected chi connectivity index (χ4v) is 2.55. The van der Waals surface area contributed by atoms with Crippen LogP contribution in [0.25, 0.3) is 0 Å². The van der Waals surface area contributed by atoms with E-state index < -0.39 is 0 Å². The van der Waals surface area contributed by atoms with Gasteiger partial charge in [0.2, 0.25) is 0 Å². The summed E-state index contributed by atoms with van der Waals surface area (Å²) in [6, 6.07) is 12.9. The SMILES string of the molecule is CCNC(Cc1ccc(OC)c(F)c1)c1cccc(Cl)c1. The van der Waals surface area contributed by atoms with E-state index in [2.05, 4.69) is 5.32 Å². The van der Waals surface area contributed by atoms with Crippen molar-refractivity contribution in [3.8, 4) is 5.75 Å². The first-order valence-corrected chi connectivity index (χ1v) is 7.33. The lowest BCUT2D eigenvalue weighted by Gasteiger charge is -2.19. The number of likely N-dealkylation sites (N-methyl/N-ethyl adjacent to an activating group) is 1. The van der Waals surface area contributed by atoms with Crippen molar-refractivity contribution in [2.45, 2.75) is 19.4 Å². The molecule has 0 spiro atoms. The van der Waals surface area contributed by atoms with E-state index >= 15 is 0 Å². The smallest absolute Gasteiger partial charge is 0.165 e. The van der Waals surface area contributed by atoms with Crippen LogP contribution in [0.15, 0.2) is 42.5 Å². The van der Waals surface area contributed by atoms with Crippen LogP contribution in [0.2, 0.25) is 5.02 Å². The number of rotatable bonds is 6. The zero-order chi connectivity index (χ0) is 15.2. The highest BCUT2D eigenvalue weighted by Gasteiger charge is 2.13. The van der Waals surface area contributed by atoms with Gasteiger partial charge in [0.1, 0.15) is 0 Å². The van der Waals surface area contributed by atoms with Gasteiger partial charge in [-0.2, -0.15) is 0 Å². The molecule has 0 fully saturated rings. The first-order chi connectivity index (χ1) is 10.1. The van der Waals surface area contributed by atoms with Crippen molar-refractivity contribution < 1.29 is 9.13 Å². The summed E-state index contributed by atoms with van der Waals surface area (Å²) in [7, 11) is 1.46. The lowest BCUT2D eigenvalue weighted by atomic mass is 9.98. The van der Waals surface area contributed by atoms with E-state index in [-0.39, 0.29) is 17.6 Å². The molecule has 0 aliphatic heterocycles. The number of methoxy groups -OCH3 is 1. The largest absolute Gasteiger partial charge is 0.494 e. The summed E-state index contributed by atoms with van der Waals surface area (Å²) < 4.78 is 18.7. The van der Waals surface area contributed by atoms with Crippen molar-refractivity contribution in [1.82, 2.24) is 5.32 Å². The van der Waals surface area contributed by atoms with Gasteiger partial charge in [-0.15, -0.1) is 0 Å². The minimum Gasteiger partial charge on any atom is -0.494 e. The molecular weight excluding hydrogens is 289 g/mol. The molecule has 0 bridgehead atoms. The van der Waals surface area contributed by atoms with Crippen LogP contribution in [0, 0.1) is 5.82 Å². The highest BCUT2D eigenvalue weighted by molar-refractivity contribution is 6.30. The van der Waals surface area contributed by atoms with E-state index in [1.54, 1.807) is 6.07 Å². The summed E-state index contributed by atoms with van der Waals surface area (Å²) >= 11 is 6.05. The van der Waals surface area contributed by atoms with Gasteiger partial charge in [-0.3, -0.25) is 0 Å². The summed E-state index contributed by atoms with van der Waals surface area (Å²) in [5.74, 6) is -0.0714. The van der Waals surface area contributed by atoms with Gasteiger partial charge < -0.3 is 10.1 Å². The average Bonchev–Trinajstić information content (AvgIpc) is 2.47. The maximum Gasteiger partial charge on any atom is 0.165 e. The standard InChI is InChI=1S/C17H19ClFNO/c1-3-20-16(13-5-4-6-14(18)11-13)10-12-7-8-17(21-2)15(19)9-12/h4-9,11,16,20H,3,10H2,1-2H3. The maximum absolute atomic E-state index is 13.8. The summed E-state index contributed by atoms with van der Waals surface area (Å²) in [6.45, 7) is 2.88. The molecule has 0 aliphatic carbocycles. The summed E-state index contributed by atoms with van der Waals surface area (Å²) in [4.78, 5) is 0. The Kier molecular flexibility index (Phi) is 5.59. The molecular formula is C17H19ClFNO. The lowest BCUT2D eigenvalue weighted by molar-refractivity contribution is 0.386. The number of nitrogens with one attached hydrogen (secondary N) is 1. The molecule has 1 N–H and O–H groups in total. The van der Waals surface area contributed by atoms with Gasteiger partial charge in [0.25, 0.3) is 0 Å². The molecule has 2 nitrogen and oxygen atoms in total. The first kappa shape index (κ1) is 15.8. The second-order valence-electron chi connectivity index (χ2n) is 4.84. The van der Waals surface area contributed by atoms with Gasteiger partial charge in [0, 0.05) is 11.1 Å². The Balaban J connectivity index is 2.22. The van der Waals surface area contributed by atoms with E-state index in [1.807, 2.05) is 37.3 Å². The van der Waals surface area contributed by atoms with Gasteiger partial charge in [-0.25, -0.2) is 4.39 Å². The van der Waals surface area contributed by atoms with Crippen LogP contribution in [0.1, 0.15) is 24.1 Å². The molecule has 1 unspecified atom stereocenters. The Morgan fingerprint density at radius 1 is 1.24 bits per heavy atom. The topological polar surface area (TPSA) is 21.3 Å². The molecule has 0 radical (unpaired) electrons. The number of hydrogen-bond donors (Lipinski definition) is 1. The summed E-state index contributed by atoms with van der Waals surface area (Å²) in [5.41, 5.74) is 2.01. The van der Waals surface area contributed by atoms with Crippen molar-refractivity contribution in [1.29, 1.82) is 0 Å². The third kappa shape index (κ3) is 4.19. The predicted molar refractivity (Wildman–Crippen MR) is 84.5 cm³/mol. The highest BCUT2D eigenvalue weighted by Crippen LogP contribution is 2.24. The van der Waals surface area contributed by atoms with Crippen LogP contribution < -0.4 is 10.1 Å². The van der Waals surface area contributed by atoms with Crippen LogP contribution in [0.4, 0.5) is 4.39 Å². The maximum atomic E-state index is 13.8. The Labute approximate surface area is 129 Å². The first-order valence-electron chi connectivity index (χ1n) is 6.95. The minimum absolute atomic E-state index is 0.0986. The van der Waals surface area contributed by atoms with Gasteiger partial charge in [0.05, 0.1) is 7.11 Å². The van der Waals surface area contributed by atoms with Gasteiger partial charge in [-0.05, 0) is 48.4 Å². The lowest BCUT2D eigenvalue weighted by Crippen LogP contribution is -2.23. The van der Waals surface area contributed by atoms with Crippen molar-refractivity contribution >= 4 is 11.6 Å². The number of hydrogen-bond acceptors (Lipinski definition) is 2. The van der Waals surface area contributed by atoms with Crippen LogP contribution in [-0.4, -0.2) is 13.7 Å². The van der Waals surface area contributed by atoms with Crippen molar-refractivity contribution in [3.05, 3.63) is 64.4 Å². The monoisotopic (exact) mass is 307 g/mol. The van der Waals surface area contributed by atoms with Crippen LogP contribution in [-0.2, 0) is 6.42 Å². The average molecular weight is 308 g/mol. The highest BCUT2D eigenvalue weighted by atomic mass is 35.5. The van der Waals surface area contributed by atoms with Gasteiger partial charge in [0.15, 0.2) is 11.6 Å². The van der Waals surface area contributed by atoms with Crippen LogP contribution in [0.3, 0.4) is 0 Å². The summed E-state index contributed by atoms with van der Waals surface area (Å²) in [6.07, 6.45) is 0.690. The van der Waals surface area contributed by atoms with E-state index in [4.69, 9.17) is 16.3 Å². The fourth-order valence-electron chi connectivity index (χ4n) is 2.35. The third-order valence-corrected chi connectivity index (χ3v) is 3.59. The Morgan fingerprint density at radius 3 is 2.67 bits per heavy atom. The Morgan fingerprint density at radius 2 is 2.05 bits per heavy atom. The second-order valence-corrected chi connectivity index (χ2v) is 5.27. The molecule has 4 heteroatoms. The van der Waals surface area contributed by atoms with E-state index in [1.165, 1.54) is 13.2 Å². The molecule has 0 saturated carbocycles. The number of halogens is 2. The zero-order valence-corrected chi connectivity index (χ0v) is 13.0. The van der Waals surface area contributed by atoms with Gasteiger partial charge in [-0.1, -0.05) is 36.7 Å². The molecule has 2 rings (SSSR count).